The van der Waals surface area contributed by atoms with Gasteiger partial charge in [-0.05, 0) is 38.2 Å². The lowest BCUT2D eigenvalue weighted by Gasteiger charge is -2.37. The predicted octanol–water partition coefficient (Wildman–Crippen LogP) is 1.87. The number of carbonyl (C=O) groups excluding carboxylic acids is 1. The number of hydrogen-bond acceptors (Lipinski definition) is 3. The van der Waals surface area contributed by atoms with Crippen LogP contribution in [0.15, 0.2) is 16.7 Å². The van der Waals surface area contributed by atoms with Gasteiger partial charge in [-0.15, -0.1) is 0 Å². The van der Waals surface area contributed by atoms with Gasteiger partial charge in [0.1, 0.15) is 5.76 Å². The summed E-state index contributed by atoms with van der Waals surface area (Å²) in [5.41, 5.74) is 0.600. The molecule has 1 amide bonds. The third-order valence-corrected chi connectivity index (χ3v) is 3.58. The fourth-order valence-electron chi connectivity index (χ4n) is 2.38. The first-order chi connectivity index (χ1) is 8.11. The summed E-state index contributed by atoms with van der Waals surface area (Å²) in [6, 6.07) is 1.84. The topological polar surface area (TPSA) is 62.5 Å². The Morgan fingerprint density at radius 1 is 1.65 bits per heavy atom. The fraction of sp³-hybridized carbons (Fsp3) is 0.615. The molecular weight excluding hydrogens is 218 g/mol. The first-order valence-corrected chi connectivity index (χ1v) is 6.14. The molecule has 1 aromatic rings. The van der Waals surface area contributed by atoms with Crippen LogP contribution < -0.4 is 5.32 Å². The van der Waals surface area contributed by atoms with Gasteiger partial charge in [0.15, 0.2) is 0 Å². The number of furan rings is 1. The molecule has 0 unspecified atom stereocenters. The highest BCUT2D eigenvalue weighted by atomic mass is 16.3. The summed E-state index contributed by atoms with van der Waals surface area (Å²) in [7, 11) is 0. The van der Waals surface area contributed by atoms with Gasteiger partial charge >= 0.3 is 0 Å². The number of hydrogen-bond donors (Lipinski definition) is 2. The van der Waals surface area contributed by atoms with Crippen LogP contribution in [0.5, 0.6) is 0 Å². The standard InChI is InChI=1S/C13H19NO3/c1-3-12(9-6-10(15)7-9)14-13(16)11-4-5-17-8(11)2/h4-5,9-10,12,15H,3,6-7H2,1-2H3,(H,14,16)/t9?,10?,12-/m1/s1. The first kappa shape index (κ1) is 12.2. The van der Waals surface area contributed by atoms with Crippen molar-refractivity contribution in [3.05, 3.63) is 23.7 Å². The second-order valence-electron chi connectivity index (χ2n) is 4.76. The number of carbonyl (C=O) groups is 1. The number of aliphatic hydroxyl groups excluding tert-OH is 1. The van der Waals surface area contributed by atoms with Gasteiger partial charge in [0.05, 0.1) is 17.9 Å². The van der Waals surface area contributed by atoms with E-state index in [1.165, 1.54) is 6.26 Å². The molecule has 2 rings (SSSR count). The van der Waals surface area contributed by atoms with Crippen LogP contribution in [0.4, 0.5) is 0 Å². The highest BCUT2D eigenvalue weighted by Crippen LogP contribution is 2.31. The highest BCUT2D eigenvalue weighted by molar-refractivity contribution is 5.95. The van der Waals surface area contributed by atoms with E-state index in [1.54, 1.807) is 13.0 Å². The fourth-order valence-corrected chi connectivity index (χ4v) is 2.38. The van der Waals surface area contributed by atoms with Crippen molar-refractivity contribution < 1.29 is 14.3 Å². The summed E-state index contributed by atoms with van der Waals surface area (Å²) in [5.74, 6) is 0.974. The molecule has 94 valence electrons. The van der Waals surface area contributed by atoms with Crippen molar-refractivity contribution in [3.63, 3.8) is 0 Å². The molecule has 1 saturated carbocycles. The molecule has 17 heavy (non-hydrogen) atoms. The monoisotopic (exact) mass is 237 g/mol. The third-order valence-electron chi connectivity index (χ3n) is 3.58. The number of rotatable bonds is 4. The molecule has 0 aromatic carbocycles. The Labute approximate surface area is 101 Å². The summed E-state index contributed by atoms with van der Waals surface area (Å²) in [5, 5.41) is 12.3. The van der Waals surface area contributed by atoms with Crippen molar-refractivity contribution >= 4 is 5.91 Å². The lowest BCUT2D eigenvalue weighted by Crippen LogP contribution is -2.46. The van der Waals surface area contributed by atoms with E-state index >= 15 is 0 Å². The van der Waals surface area contributed by atoms with Crippen LogP contribution >= 0.6 is 0 Å². The Balaban J connectivity index is 1.95. The summed E-state index contributed by atoms with van der Waals surface area (Å²) in [6.45, 7) is 3.83. The lowest BCUT2D eigenvalue weighted by atomic mass is 9.76. The van der Waals surface area contributed by atoms with Gasteiger partial charge in [-0.3, -0.25) is 4.79 Å². The molecule has 0 aliphatic heterocycles. The second-order valence-corrected chi connectivity index (χ2v) is 4.76. The number of nitrogens with one attached hydrogen (secondary N) is 1. The molecule has 1 atom stereocenters. The summed E-state index contributed by atoms with van der Waals surface area (Å²) < 4.78 is 5.12. The Morgan fingerprint density at radius 2 is 2.35 bits per heavy atom. The van der Waals surface area contributed by atoms with Gasteiger partial charge in [-0.1, -0.05) is 6.92 Å². The van der Waals surface area contributed by atoms with Crippen molar-refractivity contribution in [3.8, 4) is 0 Å². The van der Waals surface area contributed by atoms with Crippen LogP contribution in [0.1, 0.15) is 42.3 Å². The normalized spacial score (nSPS) is 25.1. The molecule has 1 fully saturated rings. The highest BCUT2D eigenvalue weighted by Gasteiger charge is 2.34. The van der Waals surface area contributed by atoms with E-state index in [9.17, 15) is 9.90 Å². The van der Waals surface area contributed by atoms with Crippen LogP contribution in [0, 0.1) is 12.8 Å². The average Bonchev–Trinajstić information content (AvgIpc) is 2.68. The van der Waals surface area contributed by atoms with Crippen molar-refractivity contribution in [2.75, 3.05) is 0 Å². The van der Waals surface area contributed by atoms with Crippen molar-refractivity contribution in [2.45, 2.75) is 45.3 Å². The summed E-state index contributed by atoms with van der Waals surface area (Å²) >= 11 is 0. The van der Waals surface area contributed by atoms with Crippen LogP contribution in [0.25, 0.3) is 0 Å². The molecule has 0 saturated heterocycles. The SMILES string of the molecule is CC[C@@H](NC(=O)c1ccoc1C)C1CC(O)C1. The maximum Gasteiger partial charge on any atom is 0.255 e. The van der Waals surface area contributed by atoms with Gasteiger partial charge < -0.3 is 14.8 Å². The predicted molar refractivity (Wildman–Crippen MR) is 63.7 cm³/mol. The molecule has 0 spiro atoms. The zero-order chi connectivity index (χ0) is 12.4. The average molecular weight is 237 g/mol. The summed E-state index contributed by atoms with van der Waals surface area (Å²) in [6.07, 6.45) is 3.83. The van der Waals surface area contributed by atoms with Crippen LogP contribution in [-0.4, -0.2) is 23.2 Å². The van der Waals surface area contributed by atoms with Crippen LogP contribution in [-0.2, 0) is 0 Å². The smallest absolute Gasteiger partial charge is 0.255 e. The zero-order valence-corrected chi connectivity index (χ0v) is 10.3. The van der Waals surface area contributed by atoms with Gasteiger partial charge in [0.2, 0.25) is 0 Å². The maximum absolute atomic E-state index is 12.0. The van der Waals surface area contributed by atoms with Gasteiger partial charge in [0, 0.05) is 6.04 Å². The summed E-state index contributed by atoms with van der Waals surface area (Å²) in [4.78, 5) is 12.0. The van der Waals surface area contributed by atoms with E-state index in [0.29, 0.717) is 17.2 Å². The first-order valence-electron chi connectivity index (χ1n) is 6.14. The molecule has 4 nitrogen and oxygen atoms in total. The molecule has 2 N–H and O–H groups in total. The zero-order valence-electron chi connectivity index (χ0n) is 10.3. The molecule has 1 aliphatic carbocycles. The number of amides is 1. The van der Waals surface area contributed by atoms with Gasteiger partial charge in [-0.25, -0.2) is 0 Å². The Bertz CT molecular complexity index is 393. The minimum absolute atomic E-state index is 0.0792. The Kier molecular flexibility index (Phi) is 3.52. The largest absolute Gasteiger partial charge is 0.469 e. The van der Waals surface area contributed by atoms with Crippen molar-refractivity contribution in [1.29, 1.82) is 0 Å². The van der Waals surface area contributed by atoms with E-state index in [1.807, 2.05) is 0 Å². The Morgan fingerprint density at radius 3 is 2.82 bits per heavy atom. The minimum atomic E-state index is -0.179. The van der Waals surface area contributed by atoms with E-state index in [0.717, 1.165) is 19.3 Å². The van der Waals surface area contributed by atoms with E-state index in [4.69, 9.17) is 4.42 Å². The molecule has 1 heterocycles. The van der Waals surface area contributed by atoms with Crippen LogP contribution in [0.3, 0.4) is 0 Å². The minimum Gasteiger partial charge on any atom is -0.469 e. The number of aryl methyl sites for hydroxylation is 1. The van der Waals surface area contributed by atoms with Crippen LogP contribution in [0.2, 0.25) is 0 Å². The second kappa shape index (κ2) is 4.92. The molecular formula is C13H19NO3. The lowest BCUT2D eigenvalue weighted by molar-refractivity contribution is 0.0232. The van der Waals surface area contributed by atoms with Crippen molar-refractivity contribution in [1.82, 2.24) is 5.32 Å². The maximum atomic E-state index is 12.0. The third kappa shape index (κ3) is 2.52. The van der Waals surface area contributed by atoms with E-state index < -0.39 is 0 Å². The van der Waals surface area contributed by atoms with Crippen molar-refractivity contribution in [2.24, 2.45) is 5.92 Å². The molecule has 0 radical (unpaired) electrons. The molecule has 4 heteroatoms. The van der Waals surface area contributed by atoms with Gasteiger partial charge in [0.25, 0.3) is 5.91 Å². The molecule has 0 bridgehead atoms. The quantitative estimate of drug-likeness (QED) is 0.840. The molecule has 1 aromatic heterocycles. The number of aliphatic hydroxyl groups is 1. The van der Waals surface area contributed by atoms with Gasteiger partial charge in [-0.2, -0.15) is 0 Å². The van der Waals surface area contributed by atoms with E-state index in [2.05, 4.69) is 12.2 Å². The Hall–Kier alpha value is -1.29. The molecule has 1 aliphatic rings. The van der Waals surface area contributed by atoms with E-state index in [-0.39, 0.29) is 18.1 Å².